The van der Waals surface area contributed by atoms with Crippen molar-refractivity contribution in [2.75, 3.05) is 13.2 Å². The summed E-state index contributed by atoms with van der Waals surface area (Å²) in [7, 11) is 0. The normalized spacial score (nSPS) is 16.2. The third kappa shape index (κ3) is 5.45. The van der Waals surface area contributed by atoms with Gasteiger partial charge in [0.1, 0.15) is 0 Å². The Labute approximate surface area is 183 Å². The van der Waals surface area contributed by atoms with Crippen LogP contribution in [0.1, 0.15) is 62.0 Å². The van der Waals surface area contributed by atoms with Gasteiger partial charge >= 0.3 is 11.9 Å². The second kappa shape index (κ2) is 9.69. The predicted octanol–water partition coefficient (Wildman–Crippen LogP) is 6.30. The van der Waals surface area contributed by atoms with Crippen molar-refractivity contribution in [1.29, 1.82) is 0 Å². The van der Waals surface area contributed by atoms with Gasteiger partial charge in [0.05, 0.1) is 30.2 Å². The summed E-state index contributed by atoms with van der Waals surface area (Å²) in [5.74, 6) is -0.680. The lowest BCUT2D eigenvalue weighted by Gasteiger charge is -2.34. The number of azo groups is 1. The number of benzene rings is 2. The number of hydrogen-bond acceptors (Lipinski definition) is 6. The molecule has 0 unspecified atom stereocenters. The van der Waals surface area contributed by atoms with Crippen molar-refractivity contribution in [2.45, 2.75) is 46.0 Å². The molecule has 0 N–H and O–H groups in total. The molecule has 162 valence electrons. The molecule has 31 heavy (non-hydrogen) atoms. The second-order valence-corrected chi connectivity index (χ2v) is 8.00. The zero-order valence-corrected chi connectivity index (χ0v) is 18.5. The van der Waals surface area contributed by atoms with Crippen LogP contribution in [-0.2, 0) is 19.7 Å². The molecule has 0 heterocycles. The fourth-order valence-electron chi connectivity index (χ4n) is 3.64. The molecule has 0 bridgehead atoms. The zero-order valence-electron chi connectivity index (χ0n) is 18.5. The quantitative estimate of drug-likeness (QED) is 0.312. The van der Waals surface area contributed by atoms with E-state index < -0.39 is 0 Å². The van der Waals surface area contributed by atoms with Crippen LogP contribution in [0.5, 0.6) is 0 Å². The van der Waals surface area contributed by atoms with Gasteiger partial charge in [-0.05, 0) is 85.2 Å². The van der Waals surface area contributed by atoms with Gasteiger partial charge in [-0.25, -0.2) is 9.59 Å². The van der Waals surface area contributed by atoms with Gasteiger partial charge in [0, 0.05) is 6.08 Å². The molecular weight excluding hydrogens is 392 g/mol. The van der Waals surface area contributed by atoms with Gasteiger partial charge in [-0.15, -0.1) is 0 Å². The summed E-state index contributed by atoms with van der Waals surface area (Å²) in [6.07, 6.45) is 3.35. The highest BCUT2D eigenvalue weighted by molar-refractivity contribution is 5.93. The molecule has 0 atom stereocenters. The fourth-order valence-corrected chi connectivity index (χ4v) is 3.64. The van der Waals surface area contributed by atoms with E-state index in [1.807, 2.05) is 12.1 Å². The van der Waals surface area contributed by atoms with E-state index in [9.17, 15) is 9.59 Å². The number of fused-ring (bicyclic) bond motifs is 1. The maximum atomic E-state index is 12.0. The molecule has 0 amide bonds. The van der Waals surface area contributed by atoms with Gasteiger partial charge in [0.25, 0.3) is 0 Å². The van der Waals surface area contributed by atoms with Crippen LogP contribution >= 0.6 is 0 Å². The van der Waals surface area contributed by atoms with E-state index >= 15 is 0 Å². The zero-order chi connectivity index (χ0) is 22.4. The molecule has 3 rings (SSSR count). The minimum Gasteiger partial charge on any atom is -0.463 e. The van der Waals surface area contributed by atoms with Crippen LogP contribution in [0.15, 0.2) is 58.8 Å². The van der Waals surface area contributed by atoms with Crippen molar-refractivity contribution in [2.24, 2.45) is 10.2 Å². The van der Waals surface area contributed by atoms with E-state index in [1.165, 1.54) is 5.56 Å². The Morgan fingerprint density at radius 1 is 0.968 bits per heavy atom. The number of carbonyl (C=O) groups excluding carboxylic acids is 2. The van der Waals surface area contributed by atoms with Crippen molar-refractivity contribution >= 4 is 28.9 Å². The van der Waals surface area contributed by atoms with Crippen LogP contribution in [-0.4, -0.2) is 25.2 Å². The van der Waals surface area contributed by atoms with Gasteiger partial charge in [-0.1, -0.05) is 19.9 Å². The number of allylic oxidation sites excluding steroid dienone is 1. The fraction of sp³-hybridized carbons (Fsp3) is 0.360. The average molecular weight is 421 g/mol. The Morgan fingerprint density at radius 3 is 2.29 bits per heavy atom. The molecule has 2 aromatic carbocycles. The summed E-state index contributed by atoms with van der Waals surface area (Å²) >= 11 is 0. The van der Waals surface area contributed by atoms with E-state index in [-0.39, 0.29) is 17.4 Å². The average Bonchev–Trinajstić information content (AvgIpc) is 2.75. The van der Waals surface area contributed by atoms with Gasteiger partial charge < -0.3 is 9.47 Å². The van der Waals surface area contributed by atoms with Crippen molar-refractivity contribution < 1.29 is 19.1 Å². The maximum Gasteiger partial charge on any atom is 0.338 e. The monoisotopic (exact) mass is 420 g/mol. The number of esters is 2. The first-order valence-corrected chi connectivity index (χ1v) is 10.5. The molecule has 0 aliphatic heterocycles. The number of hydrogen-bond donors (Lipinski definition) is 0. The van der Waals surface area contributed by atoms with Crippen LogP contribution in [0.3, 0.4) is 0 Å². The summed E-state index contributed by atoms with van der Waals surface area (Å²) in [6, 6.07) is 12.8. The van der Waals surface area contributed by atoms with Gasteiger partial charge in [-0.2, -0.15) is 10.2 Å². The van der Waals surface area contributed by atoms with Crippen LogP contribution < -0.4 is 0 Å². The molecule has 1 aliphatic carbocycles. The highest BCUT2D eigenvalue weighted by Gasteiger charge is 2.30. The Morgan fingerprint density at radius 2 is 1.61 bits per heavy atom. The van der Waals surface area contributed by atoms with Crippen LogP contribution in [0, 0.1) is 0 Å². The minimum absolute atomic E-state index is 0.0138. The molecule has 6 nitrogen and oxygen atoms in total. The van der Waals surface area contributed by atoms with Crippen molar-refractivity contribution in [1.82, 2.24) is 0 Å². The smallest absolute Gasteiger partial charge is 0.338 e. The summed E-state index contributed by atoms with van der Waals surface area (Å²) in [5.41, 5.74) is 4.98. The number of carbonyl (C=O) groups is 2. The Bertz CT molecular complexity index is 1020. The Balaban J connectivity index is 1.87. The highest BCUT2D eigenvalue weighted by Crippen LogP contribution is 2.43. The molecular formula is C25H28N2O4. The van der Waals surface area contributed by atoms with Crippen molar-refractivity contribution in [3.05, 3.63) is 65.2 Å². The molecule has 0 saturated heterocycles. The SMILES string of the molecule is CCOC(=O)/C=C1\CCC(C)(C)c2ccc(N=Nc3ccc(C(=O)OCC)cc3)cc21. The number of rotatable bonds is 6. The first-order valence-electron chi connectivity index (χ1n) is 10.5. The van der Waals surface area contributed by atoms with E-state index in [4.69, 9.17) is 9.47 Å². The first kappa shape index (κ1) is 22.4. The number of ether oxygens (including phenoxy) is 2. The standard InChI is InChI=1S/C25H28N2O4/c1-5-30-23(28)15-18-13-14-25(3,4)22-12-11-20(16-21(18)22)27-26-19-9-7-17(8-10-19)24(29)31-6-2/h7-12,15-16H,5-6,13-14H2,1-4H3/b18-15+,27-26?. The molecule has 1 aliphatic rings. The first-order chi connectivity index (χ1) is 14.8. The third-order valence-electron chi connectivity index (χ3n) is 5.34. The molecule has 0 spiro atoms. The maximum absolute atomic E-state index is 12.0. The Hall–Kier alpha value is -3.28. The van der Waals surface area contributed by atoms with Crippen molar-refractivity contribution in [3.8, 4) is 0 Å². The largest absolute Gasteiger partial charge is 0.463 e. The lowest BCUT2D eigenvalue weighted by atomic mass is 9.71. The third-order valence-corrected chi connectivity index (χ3v) is 5.34. The van der Waals surface area contributed by atoms with E-state index in [0.717, 1.165) is 24.0 Å². The van der Waals surface area contributed by atoms with Crippen LogP contribution in [0.2, 0.25) is 0 Å². The Kier molecular flexibility index (Phi) is 7.00. The van der Waals surface area contributed by atoms with E-state index in [1.54, 1.807) is 44.2 Å². The predicted molar refractivity (Wildman–Crippen MR) is 120 cm³/mol. The van der Waals surface area contributed by atoms with E-state index in [0.29, 0.717) is 30.2 Å². The lowest BCUT2D eigenvalue weighted by molar-refractivity contribution is -0.137. The minimum atomic E-state index is -0.357. The van der Waals surface area contributed by atoms with Crippen LogP contribution in [0.25, 0.3) is 5.57 Å². The number of nitrogens with zero attached hydrogens (tertiary/aromatic N) is 2. The lowest BCUT2D eigenvalue weighted by Crippen LogP contribution is -2.23. The molecule has 0 saturated carbocycles. The van der Waals surface area contributed by atoms with E-state index in [2.05, 4.69) is 30.1 Å². The van der Waals surface area contributed by atoms with Gasteiger partial charge in [-0.3, -0.25) is 0 Å². The topological polar surface area (TPSA) is 77.3 Å². The summed E-state index contributed by atoms with van der Waals surface area (Å²) in [4.78, 5) is 23.8. The second-order valence-electron chi connectivity index (χ2n) is 8.00. The van der Waals surface area contributed by atoms with Gasteiger partial charge in [0.15, 0.2) is 0 Å². The molecule has 0 radical (unpaired) electrons. The molecule has 6 heteroatoms. The van der Waals surface area contributed by atoms with Gasteiger partial charge in [0.2, 0.25) is 0 Å². The summed E-state index contributed by atoms with van der Waals surface area (Å²) in [6.45, 7) is 8.67. The van der Waals surface area contributed by atoms with Crippen LogP contribution in [0.4, 0.5) is 11.4 Å². The molecule has 0 aromatic heterocycles. The van der Waals surface area contributed by atoms with Crippen molar-refractivity contribution in [3.63, 3.8) is 0 Å². The highest BCUT2D eigenvalue weighted by atomic mass is 16.5. The summed E-state index contributed by atoms with van der Waals surface area (Å²) in [5, 5.41) is 8.64. The summed E-state index contributed by atoms with van der Waals surface area (Å²) < 4.78 is 10.1. The molecule has 0 fully saturated rings. The molecule has 2 aromatic rings.